The molecule has 1 fully saturated rings. The third-order valence-corrected chi connectivity index (χ3v) is 5.07. The Morgan fingerprint density at radius 2 is 1.88 bits per heavy atom. The van der Waals surface area contributed by atoms with Crippen LogP contribution in [0.25, 0.3) is 0 Å². The van der Waals surface area contributed by atoms with E-state index >= 15 is 0 Å². The van der Waals surface area contributed by atoms with Crippen LogP contribution < -0.4 is 24.8 Å². The maximum absolute atomic E-state index is 12.9. The molecule has 0 saturated carbocycles. The van der Waals surface area contributed by atoms with Crippen LogP contribution in [0.5, 0.6) is 17.2 Å². The van der Waals surface area contributed by atoms with Crippen molar-refractivity contribution in [3.63, 3.8) is 0 Å². The molecule has 2 aromatic carbocycles. The van der Waals surface area contributed by atoms with Gasteiger partial charge in [0.15, 0.2) is 18.1 Å². The van der Waals surface area contributed by atoms with Crippen molar-refractivity contribution in [2.45, 2.75) is 45.3 Å². The molecule has 8 nitrogen and oxygen atoms in total. The number of methoxy groups -OCH3 is 1. The standard InChI is InChI=1S/C25H32N2O6/c1-17(2)26-24(28)16-33-22-12-11-18(14-23(22)30-3)25(29)27-20-9-4-5-10-21(20)32-15-19-8-6-7-13-31-19/h4-5,9-12,14,17,19H,6-8,13,15-16H2,1-3H3,(H,26,28)(H,27,29). The van der Waals surface area contributed by atoms with E-state index in [1.165, 1.54) is 7.11 Å². The average Bonchev–Trinajstić information content (AvgIpc) is 2.82. The van der Waals surface area contributed by atoms with Gasteiger partial charge in [0.05, 0.1) is 18.9 Å². The van der Waals surface area contributed by atoms with Gasteiger partial charge in [0.2, 0.25) is 0 Å². The summed E-state index contributed by atoms with van der Waals surface area (Å²) in [5.74, 6) is 0.776. The van der Waals surface area contributed by atoms with Gasteiger partial charge in [-0.15, -0.1) is 0 Å². The zero-order valence-electron chi connectivity index (χ0n) is 19.4. The molecule has 3 rings (SSSR count). The molecule has 33 heavy (non-hydrogen) atoms. The molecule has 1 aliphatic rings. The number of para-hydroxylation sites is 2. The number of hydrogen-bond acceptors (Lipinski definition) is 6. The minimum absolute atomic E-state index is 0.0242. The first-order chi connectivity index (χ1) is 16.0. The van der Waals surface area contributed by atoms with E-state index in [-0.39, 0.29) is 30.6 Å². The number of anilines is 1. The van der Waals surface area contributed by atoms with E-state index in [0.717, 1.165) is 25.9 Å². The Morgan fingerprint density at radius 1 is 1.06 bits per heavy atom. The summed E-state index contributed by atoms with van der Waals surface area (Å²) < 4.78 is 22.6. The Hall–Kier alpha value is -3.26. The van der Waals surface area contributed by atoms with Gasteiger partial charge >= 0.3 is 0 Å². The molecule has 1 unspecified atom stereocenters. The van der Waals surface area contributed by atoms with E-state index in [0.29, 0.717) is 35.1 Å². The summed E-state index contributed by atoms with van der Waals surface area (Å²) >= 11 is 0. The van der Waals surface area contributed by atoms with Crippen molar-refractivity contribution in [1.29, 1.82) is 0 Å². The summed E-state index contributed by atoms with van der Waals surface area (Å²) in [4.78, 5) is 24.7. The largest absolute Gasteiger partial charge is 0.493 e. The summed E-state index contributed by atoms with van der Waals surface area (Å²) in [6.07, 6.45) is 3.27. The summed E-state index contributed by atoms with van der Waals surface area (Å²) in [6, 6.07) is 12.1. The van der Waals surface area contributed by atoms with Gasteiger partial charge in [-0.05, 0) is 63.4 Å². The minimum Gasteiger partial charge on any atom is -0.493 e. The van der Waals surface area contributed by atoms with Gasteiger partial charge in [0, 0.05) is 18.2 Å². The second-order valence-electron chi connectivity index (χ2n) is 8.13. The van der Waals surface area contributed by atoms with E-state index in [1.54, 1.807) is 24.3 Å². The van der Waals surface area contributed by atoms with Crippen LogP contribution in [-0.2, 0) is 9.53 Å². The van der Waals surface area contributed by atoms with Crippen molar-refractivity contribution in [2.24, 2.45) is 0 Å². The Bertz CT molecular complexity index is 940. The molecule has 2 aromatic rings. The van der Waals surface area contributed by atoms with Gasteiger partial charge in [-0.1, -0.05) is 12.1 Å². The van der Waals surface area contributed by atoms with Gasteiger partial charge < -0.3 is 29.6 Å². The molecule has 0 aliphatic carbocycles. The number of rotatable bonds is 10. The molecule has 0 spiro atoms. The lowest BCUT2D eigenvalue weighted by atomic mass is 10.1. The number of nitrogens with one attached hydrogen (secondary N) is 2. The molecular weight excluding hydrogens is 424 g/mol. The fraction of sp³-hybridized carbons (Fsp3) is 0.440. The molecule has 8 heteroatoms. The zero-order chi connectivity index (χ0) is 23.6. The maximum Gasteiger partial charge on any atom is 0.258 e. The Morgan fingerprint density at radius 3 is 2.61 bits per heavy atom. The molecule has 0 aromatic heterocycles. The van der Waals surface area contributed by atoms with Crippen LogP contribution in [-0.4, -0.2) is 50.9 Å². The number of ether oxygens (including phenoxy) is 4. The van der Waals surface area contributed by atoms with Crippen molar-refractivity contribution in [3.8, 4) is 17.2 Å². The highest BCUT2D eigenvalue weighted by atomic mass is 16.5. The molecule has 1 heterocycles. The highest BCUT2D eigenvalue weighted by Crippen LogP contribution is 2.30. The van der Waals surface area contributed by atoms with Crippen molar-refractivity contribution in [1.82, 2.24) is 5.32 Å². The van der Waals surface area contributed by atoms with Crippen molar-refractivity contribution < 1.29 is 28.5 Å². The number of amides is 2. The number of hydrogen-bond donors (Lipinski definition) is 2. The van der Waals surface area contributed by atoms with Crippen LogP contribution in [0.3, 0.4) is 0 Å². The topological polar surface area (TPSA) is 95.1 Å². The molecule has 1 saturated heterocycles. The maximum atomic E-state index is 12.9. The molecule has 2 amide bonds. The predicted molar refractivity (Wildman–Crippen MR) is 125 cm³/mol. The van der Waals surface area contributed by atoms with Crippen LogP contribution in [0.2, 0.25) is 0 Å². The summed E-state index contributed by atoms with van der Waals surface area (Å²) in [5.41, 5.74) is 0.958. The monoisotopic (exact) mass is 456 g/mol. The van der Waals surface area contributed by atoms with E-state index in [9.17, 15) is 9.59 Å². The Kier molecular flexibility index (Phi) is 8.95. The molecule has 2 N–H and O–H groups in total. The highest BCUT2D eigenvalue weighted by molar-refractivity contribution is 6.05. The molecule has 0 radical (unpaired) electrons. The molecule has 178 valence electrons. The lowest BCUT2D eigenvalue weighted by molar-refractivity contribution is -0.123. The SMILES string of the molecule is COc1cc(C(=O)Nc2ccccc2OCC2CCCCO2)ccc1OCC(=O)NC(C)C. The van der Waals surface area contributed by atoms with Crippen molar-refractivity contribution in [3.05, 3.63) is 48.0 Å². The van der Waals surface area contributed by atoms with E-state index in [4.69, 9.17) is 18.9 Å². The Balaban J connectivity index is 1.63. The highest BCUT2D eigenvalue weighted by Gasteiger charge is 2.17. The minimum atomic E-state index is -0.317. The van der Waals surface area contributed by atoms with E-state index in [1.807, 2.05) is 32.0 Å². The predicted octanol–water partition coefficient (Wildman–Crippen LogP) is 3.80. The summed E-state index contributed by atoms with van der Waals surface area (Å²) in [5, 5.41) is 5.65. The van der Waals surface area contributed by atoms with Gasteiger partial charge in [-0.25, -0.2) is 0 Å². The third kappa shape index (κ3) is 7.39. The van der Waals surface area contributed by atoms with Crippen molar-refractivity contribution >= 4 is 17.5 Å². The van der Waals surface area contributed by atoms with Crippen LogP contribution in [0.4, 0.5) is 5.69 Å². The van der Waals surface area contributed by atoms with Crippen LogP contribution >= 0.6 is 0 Å². The molecule has 1 atom stereocenters. The first-order valence-corrected chi connectivity index (χ1v) is 11.2. The van der Waals surface area contributed by atoms with Gasteiger partial charge in [-0.2, -0.15) is 0 Å². The fourth-order valence-electron chi connectivity index (χ4n) is 3.45. The van der Waals surface area contributed by atoms with Gasteiger partial charge in [-0.3, -0.25) is 9.59 Å². The molecular formula is C25H32N2O6. The van der Waals surface area contributed by atoms with Crippen molar-refractivity contribution in [2.75, 3.05) is 32.2 Å². The Labute approximate surface area is 194 Å². The zero-order valence-corrected chi connectivity index (χ0v) is 19.4. The first kappa shape index (κ1) is 24.4. The number of carbonyl (C=O) groups excluding carboxylic acids is 2. The van der Waals surface area contributed by atoms with Crippen LogP contribution in [0.1, 0.15) is 43.5 Å². The molecule has 0 bridgehead atoms. The van der Waals surface area contributed by atoms with E-state index < -0.39 is 0 Å². The smallest absolute Gasteiger partial charge is 0.258 e. The fourth-order valence-corrected chi connectivity index (χ4v) is 3.45. The van der Waals surface area contributed by atoms with Gasteiger partial charge in [0.25, 0.3) is 11.8 Å². The van der Waals surface area contributed by atoms with E-state index in [2.05, 4.69) is 10.6 Å². The second-order valence-corrected chi connectivity index (χ2v) is 8.13. The lowest BCUT2D eigenvalue weighted by Gasteiger charge is -2.23. The number of carbonyl (C=O) groups is 2. The van der Waals surface area contributed by atoms with Gasteiger partial charge in [0.1, 0.15) is 12.4 Å². The van der Waals surface area contributed by atoms with Crippen LogP contribution in [0.15, 0.2) is 42.5 Å². The summed E-state index contributed by atoms with van der Waals surface area (Å²) in [7, 11) is 1.48. The quantitative estimate of drug-likeness (QED) is 0.565. The second kappa shape index (κ2) is 12.1. The molecule has 1 aliphatic heterocycles. The van der Waals surface area contributed by atoms with Crippen LogP contribution in [0, 0.1) is 0 Å². The lowest BCUT2D eigenvalue weighted by Crippen LogP contribution is -2.34. The third-order valence-electron chi connectivity index (χ3n) is 5.07. The number of benzene rings is 2. The average molecular weight is 457 g/mol. The summed E-state index contributed by atoms with van der Waals surface area (Å²) in [6.45, 7) is 4.81. The first-order valence-electron chi connectivity index (χ1n) is 11.2. The normalized spacial score (nSPS) is 15.6.